The molecule has 0 N–H and O–H groups in total. The van der Waals surface area contributed by atoms with Crippen LogP contribution in [0, 0.1) is 0 Å². The molecule has 0 aliphatic heterocycles. The number of esters is 3. The number of carbonyl (C=O) groups is 3. The van der Waals surface area contributed by atoms with Gasteiger partial charge in [-0.15, -0.1) is 0 Å². The van der Waals surface area contributed by atoms with Crippen LogP contribution in [0.3, 0.4) is 0 Å². The van der Waals surface area contributed by atoms with E-state index in [1.807, 2.05) is 0 Å². The minimum Gasteiger partial charge on any atom is -0.462 e. The lowest BCUT2D eigenvalue weighted by atomic mass is 10.0. The van der Waals surface area contributed by atoms with Gasteiger partial charge in [0, 0.05) is 19.3 Å². The van der Waals surface area contributed by atoms with Gasteiger partial charge in [-0.1, -0.05) is 250 Å². The van der Waals surface area contributed by atoms with Crippen LogP contribution >= 0.6 is 0 Å². The fourth-order valence-electron chi connectivity index (χ4n) is 7.98. The molecule has 0 aromatic carbocycles. The van der Waals surface area contributed by atoms with Gasteiger partial charge in [0.1, 0.15) is 13.2 Å². The van der Waals surface area contributed by atoms with E-state index in [0.29, 0.717) is 19.3 Å². The van der Waals surface area contributed by atoms with Gasteiger partial charge < -0.3 is 14.2 Å². The standard InChI is InChI=1S/C57H104O6/c1-4-7-10-13-16-19-22-25-27-28-30-32-35-38-41-44-47-50-56(59)62-53-54(52-61-55(58)49-46-43-40-37-34-31-24-21-18-15-12-9-6-3)63-57(60)51-48-45-42-39-36-33-29-26-23-20-17-14-11-8-5-2/h16,19,25,27,30,32,54H,4-15,17-18,20-24,26,28-29,31,33-53H2,1-3H3/b19-16-,27-25-,32-30-/t54-/m0/s1. The van der Waals surface area contributed by atoms with Crippen molar-refractivity contribution in [3.05, 3.63) is 36.5 Å². The summed E-state index contributed by atoms with van der Waals surface area (Å²) in [6.45, 7) is 6.62. The van der Waals surface area contributed by atoms with Crippen LogP contribution < -0.4 is 0 Å². The molecule has 0 radical (unpaired) electrons. The molecule has 0 aliphatic carbocycles. The first-order chi connectivity index (χ1) is 31.0. The molecule has 0 amide bonds. The summed E-state index contributed by atoms with van der Waals surface area (Å²) in [5.74, 6) is -0.881. The molecular formula is C57H104O6. The molecule has 0 rings (SSSR count). The molecule has 0 bridgehead atoms. The molecule has 0 heterocycles. The average molecular weight is 885 g/mol. The van der Waals surface area contributed by atoms with Gasteiger partial charge in [0.05, 0.1) is 0 Å². The Morgan fingerprint density at radius 2 is 0.571 bits per heavy atom. The van der Waals surface area contributed by atoms with Gasteiger partial charge in [0.15, 0.2) is 6.10 Å². The van der Waals surface area contributed by atoms with Crippen molar-refractivity contribution in [1.82, 2.24) is 0 Å². The maximum atomic E-state index is 12.8. The quantitative estimate of drug-likeness (QED) is 0.0262. The van der Waals surface area contributed by atoms with E-state index in [2.05, 4.69) is 57.2 Å². The molecule has 368 valence electrons. The van der Waals surface area contributed by atoms with Crippen molar-refractivity contribution in [2.24, 2.45) is 0 Å². The summed E-state index contributed by atoms with van der Waals surface area (Å²) in [6, 6.07) is 0. The van der Waals surface area contributed by atoms with Crippen LogP contribution in [0.25, 0.3) is 0 Å². The molecule has 0 unspecified atom stereocenters. The molecule has 0 fully saturated rings. The van der Waals surface area contributed by atoms with Gasteiger partial charge in [0.2, 0.25) is 0 Å². The number of hydrogen-bond acceptors (Lipinski definition) is 6. The molecule has 1 atom stereocenters. The summed E-state index contributed by atoms with van der Waals surface area (Å²) < 4.78 is 16.8. The van der Waals surface area contributed by atoms with E-state index in [4.69, 9.17) is 14.2 Å². The van der Waals surface area contributed by atoms with Crippen LogP contribution in [0.15, 0.2) is 36.5 Å². The molecule has 6 heteroatoms. The van der Waals surface area contributed by atoms with Gasteiger partial charge in [-0.25, -0.2) is 0 Å². The molecule has 0 saturated heterocycles. The summed E-state index contributed by atoms with van der Waals surface area (Å²) in [4.78, 5) is 38.0. The van der Waals surface area contributed by atoms with Crippen molar-refractivity contribution in [2.75, 3.05) is 13.2 Å². The van der Waals surface area contributed by atoms with Crippen molar-refractivity contribution < 1.29 is 28.6 Å². The highest BCUT2D eigenvalue weighted by Crippen LogP contribution is 2.16. The minimum atomic E-state index is -0.776. The predicted octanol–water partition coefficient (Wildman–Crippen LogP) is 18.1. The number of unbranched alkanes of at least 4 members (excludes halogenated alkanes) is 33. The Kier molecular flexibility index (Phi) is 50.3. The summed E-state index contributed by atoms with van der Waals surface area (Å²) in [5, 5.41) is 0. The third-order valence-electron chi connectivity index (χ3n) is 12.1. The summed E-state index contributed by atoms with van der Waals surface area (Å²) in [5.41, 5.74) is 0. The highest BCUT2D eigenvalue weighted by Gasteiger charge is 2.19. The SMILES string of the molecule is CCCCC/C=C\C/C=C\C/C=C\CCCCCCC(=O)OC[C@H](COC(=O)CCCCCCCCCCCCCCC)OC(=O)CCCCCCCCCCCCCCCCC. The summed E-state index contributed by atoms with van der Waals surface area (Å²) >= 11 is 0. The van der Waals surface area contributed by atoms with E-state index in [9.17, 15) is 14.4 Å². The van der Waals surface area contributed by atoms with Crippen LogP contribution in [-0.4, -0.2) is 37.2 Å². The van der Waals surface area contributed by atoms with E-state index in [-0.39, 0.29) is 31.1 Å². The molecule has 6 nitrogen and oxygen atoms in total. The third-order valence-corrected chi connectivity index (χ3v) is 12.1. The maximum Gasteiger partial charge on any atom is 0.306 e. The smallest absolute Gasteiger partial charge is 0.306 e. The topological polar surface area (TPSA) is 78.9 Å². The molecule has 0 aromatic rings. The van der Waals surface area contributed by atoms with E-state index < -0.39 is 6.10 Å². The average Bonchev–Trinajstić information content (AvgIpc) is 3.28. The second kappa shape index (κ2) is 52.3. The Morgan fingerprint density at radius 3 is 0.921 bits per heavy atom. The Hall–Kier alpha value is -2.37. The fraction of sp³-hybridized carbons (Fsp3) is 0.842. The zero-order valence-electron chi connectivity index (χ0n) is 42.1. The van der Waals surface area contributed by atoms with Gasteiger partial charge >= 0.3 is 17.9 Å². The summed E-state index contributed by atoms with van der Waals surface area (Å²) in [6.07, 6.45) is 61.2. The lowest BCUT2D eigenvalue weighted by Crippen LogP contribution is -2.30. The Bertz CT molecular complexity index is 1060. The number of carbonyl (C=O) groups excluding carboxylic acids is 3. The number of hydrogen-bond donors (Lipinski definition) is 0. The van der Waals surface area contributed by atoms with E-state index in [1.54, 1.807) is 0 Å². The highest BCUT2D eigenvalue weighted by molar-refractivity contribution is 5.71. The van der Waals surface area contributed by atoms with Crippen molar-refractivity contribution in [3.8, 4) is 0 Å². The zero-order chi connectivity index (χ0) is 45.8. The maximum absolute atomic E-state index is 12.8. The second-order valence-corrected chi connectivity index (χ2v) is 18.5. The zero-order valence-corrected chi connectivity index (χ0v) is 42.1. The Labute approximate surface area is 391 Å². The van der Waals surface area contributed by atoms with Gasteiger partial charge in [-0.2, -0.15) is 0 Å². The van der Waals surface area contributed by atoms with Crippen LogP contribution in [0.1, 0.15) is 290 Å². The van der Waals surface area contributed by atoms with Crippen LogP contribution in [0.5, 0.6) is 0 Å². The molecule has 0 saturated carbocycles. The molecule has 0 aliphatic rings. The van der Waals surface area contributed by atoms with Crippen molar-refractivity contribution >= 4 is 17.9 Å². The molecular weight excluding hydrogens is 781 g/mol. The van der Waals surface area contributed by atoms with Crippen molar-refractivity contribution in [3.63, 3.8) is 0 Å². The lowest BCUT2D eigenvalue weighted by Gasteiger charge is -2.18. The largest absolute Gasteiger partial charge is 0.462 e. The monoisotopic (exact) mass is 885 g/mol. The van der Waals surface area contributed by atoms with E-state index >= 15 is 0 Å². The van der Waals surface area contributed by atoms with Crippen LogP contribution in [-0.2, 0) is 28.6 Å². The van der Waals surface area contributed by atoms with E-state index in [1.165, 1.54) is 167 Å². The first-order valence-electron chi connectivity index (χ1n) is 27.5. The van der Waals surface area contributed by atoms with Crippen molar-refractivity contribution in [1.29, 1.82) is 0 Å². The number of allylic oxidation sites excluding steroid dienone is 6. The van der Waals surface area contributed by atoms with Gasteiger partial charge in [-0.3, -0.25) is 14.4 Å². The van der Waals surface area contributed by atoms with Crippen LogP contribution in [0.2, 0.25) is 0 Å². The van der Waals surface area contributed by atoms with Crippen molar-refractivity contribution in [2.45, 2.75) is 297 Å². The first-order valence-corrected chi connectivity index (χ1v) is 27.5. The second-order valence-electron chi connectivity index (χ2n) is 18.5. The predicted molar refractivity (Wildman–Crippen MR) is 270 cm³/mol. The molecule has 0 spiro atoms. The Balaban J connectivity index is 4.38. The van der Waals surface area contributed by atoms with Gasteiger partial charge in [-0.05, 0) is 57.8 Å². The van der Waals surface area contributed by atoms with E-state index in [0.717, 1.165) is 83.5 Å². The van der Waals surface area contributed by atoms with Gasteiger partial charge in [0.25, 0.3) is 0 Å². The highest BCUT2D eigenvalue weighted by atomic mass is 16.6. The normalized spacial score (nSPS) is 12.2. The van der Waals surface area contributed by atoms with Crippen LogP contribution in [0.4, 0.5) is 0 Å². The fourth-order valence-corrected chi connectivity index (χ4v) is 7.98. The molecule has 63 heavy (non-hydrogen) atoms. The lowest BCUT2D eigenvalue weighted by molar-refractivity contribution is -0.167. The Morgan fingerprint density at radius 1 is 0.317 bits per heavy atom. The minimum absolute atomic E-state index is 0.0748. The molecule has 0 aromatic heterocycles. The third kappa shape index (κ3) is 50.5. The number of rotatable bonds is 50. The summed E-state index contributed by atoms with van der Waals surface area (Å²) in [7, 11) is 0. The first kappa shape index (κ1) is 60.6. The number of ether oxygens (including phenoxy) is 3.